The van der Waals surface area contributed by atoms with Crippen molar-refractivity contribution in [2.75, 3.05) is 13.2 Å². The number of ether oxygens (including phenoxy) is 1. The van der Waals surface area contributed by atoms with Crippen molar-refractivity contribution in [3.8, 4) is 17.6 Å². The first-order valence-electron chi connectivity index (χ1n) is 6.64. The summed E-state index contributed by atoms with van der Waals surface area (Å²) in [6.07, 6.45) is 0. The Bertz CT molecular complexity index is 750. The fourth-order valence-electron chi connectivity index (χ4n) is 1.72. The Kier molecular flexibility index (Phi) is 6.45. The van der Waals surface area contributed by atoms with Crippen molar-refractivity contribution >= 4 is 33.4 Å². The molecule has 2 aromatic rings. The van der Waals surface area contributed by atoms with Gasteiger partial charge in [-0.2, -0.15) is 0 Å². The van der Waals surface area contributed by atoms with Crippen LogP contribution in [0.15, 0.2) is 46.9 Å². The maximum atomic E-state index is 13.5. The quantitative estimate of drug-likeness (QED) is 0.792. The van der Waals surface area contributed by atoms with E-state index in [1.807, 2.05) is 24.3 Å². The molecule has 0 aliphatic heterocycles. The molecule has 2 aromatic carbocycles. The zero-order chi connectivity index (χ0) is 16.7. The average molecular weight is 397 g/mol. The number of rotatable bonds is 4. The molecule has 1 N–H and O–H groups in total. The first kappa shape index (κ1) is 17.3. The first-order valence-corrected chi connectivity index (χ1v) is 7.81. The van der Waals surface area contributed by atoms with Crippen LogP contribution in [0, 0.1) is 17.7 Å². The third-order valence-electron chi connectivity index (χ3n) is 2.76. The minimum Gasteiger partial charge on any atom is -0.481 e. The van der Waals surface area contributed by atoms with Crippen LogP contribution in [0.3, 0.4) is 0 Å². The minimum atomic E-state index is -0.666. The fraction of sp³-hybridized carbons (Fsp3) is 0.118. The van der Waals surface area contributed by atoms with Gasteiger partial charge in [-0.3, -0.25) is 4.79 Å². The minimum absolute atomic E-state index is 0.0634. The van der Waals surface area contributed by atoms with Gasteiger partial charge >= 0.3 is 0 Å². The van der Waals surface area contributed by atoms with Crippen LogP contribution in [0.25, 0.3) is 0 Å². The number of nitrogens with one attached hydrogen (secondary N) is 1. The Balaban J connectivity index is 1.80. The zero-order valence-corrected chi connectivity index (χ0v) is 14.2. The molecule has 0 aliphatic carbocycles. The van der Waals surface area contributed by atoms with Crippen LogP contribution in [0.1, 0.15) is 10.4 Å². The molecule has 3 nitrogen and oxygen atoms in total. The van der Waals surface area contributed by atoms with Crippen molar-refractivity contribution in [1.82, 2.24) is 5.32 Å². The summed E-state index contributed by atoms with van der Waals surface area (Å²) >= 11 is 9.15. The predicted molar refractivity (Wildman–Crippen MR) is 91.2 cm³/mol. The topological polar surface area (TPSA) is 38.3 Å². The molecular formula is C17H12BrClFNO2. The molecule has 118 valence electrons. The number of carbonyl (C=O) groups excluding carboxylic acids is 1. The second kappa shape index (κ2) is 8.56. The molecule has 0 aromatic heterocycles. The van der Waals surface area contributed by atoms with Gasteiger partial charge in [0, 0.05) is 4.47 Å². The summed E-state index contributed by atoms with van der Waals surface area (Å²) in [5.41, 5.74) is -0.179. The Morgan fingerprint density at radius 1 is 1.26 bits per heavy atom. The van der Waals surface area contributed by atoms with E-state index in [0.29, 0.717) is 5.75 Å². The van der Waals surface area contributed by atoms with Gasteiger partial charge < -0.3 is 10.1 Å². The third-order valence-corrected chi connectivity index (χ3v) is 3.57. The number of carbonyl (C=O) groups is 1. The highest BCUT2D eigenvalue weighted by molar-refractivity contribution is 9.10. The Labute approximate surface area is 146 Å². The van der Waals surface area contributed by atoms with Crippen LogP contribution in [0.4, 0.5) is 4.39 Å². The molecule has 2 rings (SSSR count). The van der Waals surface area contributed by atoms with E-state index in [9.17, 15) is 9.18 Å². The lowest BCUT2D eigenvalue weighted by Gasteiger charge is -2.05. The molecule has 1 amide bonds. The molecule has 0 unspecified atom stereocenters. The van der Waals surface area contributed by atoms with Gasteiger partial charge in [-0.25, -0.2) is 4.39 Å². The smallest absolute Gasteiger partial charge is 0.256 e. The lowest BCUT2D eigenvalue weighted by Crippen LogP contribution is -2.25. The molecule has 23 heavy (non-hydrogen) atoms. The highest BCUT2D eigenvalue weighted by Gasteiger charge is 2.14. The standard InChI is InChI=1S/C17H12BrClFNO2/c18-12-5-3-6-13(11-12)23-10-2-1-9-21-17(22)16-14(19)7-4-8-15(16)20/h3-8,11H,9-10H2,(H,21,22). The lowest BCUT2D eigenvalue weighted by atomic mass is 10.2. The van der Waals surface area contributed by atoms with Gasteiger partial charge in [0.2, 0.25) is 0 Å². The van der Waals surface area contributed by atoms with Crippen molar-refractivity contribution in [3.63, 3.8) is 0 Å². The van der Waals surface area contributed by atoms with E-state index in [1.165, 1.54) is 18.2 Å². The van der Waals surface area contributed by atoms with E-state index < -0.39 is 11.7 Å². The summed E-state index contributed by atoms with van der Waals surface area (Å²) in [6, 6.07) is 11.5. The second-order valence-electron chi connectivity index (χ2n) is 4.38. The number of benzene rings is 2. The highest BCUT2D eigenvalue weighted by atomic mass is 79.9. The maximum Gasteiger partial charge on any atom is 0.256 e. The summed E-state index contributed by atoms with van der Waals surface area (Å²) in [4.78, 5) is 11.8. The van der Waals surface area contributed by atoms with E-state index in [1.54, 1.807) is 0 Å². The molecule has 0 atom stereocenters. The largest absolute Gasteiger partial charge is 0.481 e. The van der Waals surface area contributed by atoms with Gasteiger partial charge in [0.1, 0.15) is 18.2 Å². The van der Waals surface area contributed by atoms with Gasteiger partial charge in [-0.15, -0.1) is 0 Å². The Morgan fingerprint density at radius 3 is 2.78 bits per heavy atom. The number of halogens is 3. The number of hydrogen-bond acceptors (Lipinski definition) is 2. The van der Waals surface area contributed by atoms with E-state index in [4.69, 9.17) is 16.3 Å². The van der Waals surface area contributed by atoms with Gasteiger partial charge in [-0.1, -0.05) is 51.5 Å². The average Bonchev–Trinajstić information content (AvgIpc) is 2.50. The molecule has 6 heteroatoms. The van der Waals surface area contributed by atoms with Gasteiger partial charge in [0.05, 0.1) is 17.1 Å². The van der Waals surface area contributed by atoms with E-state index in [-0.39, 0.29) is 23.7 Å². The third kappa shape index (κ3) is 5.27. The second-order valence-corrected chi connectivity index (χ2v) is 5.70. The van der Waals surface area contributed by atoms with Crippen LogP contribution in [-0.4, -0.2) is 19.1 Å². The van der Waals surface area contributed by atoms with Crippen LogP contribution in [-0.2, 0) is 0 Å². The summed E-state index contributed by atoms with van der Waals surface area (Å²) in [5, 5.41) is 2.55. The zero-order valence-electron chi connectivity index (χ0n) is 11.9. The molecule has 0 radical (unpaired) electrons. The van der Waals surface area contributed by atoms with Crippen molar-refractivity contribution in [2.45, 2.75) is 0 Å². The molecule has 0 aliphatic rings. The van der Waals surface area contributed by atoms with E-state index >= 15 is 0 Å². The Hall–Kier alpha value is -2.03. The molecule has 0 bridgehead atoms. The molecule has 0 saturated carbocycles. The highest BCUT2D eigenvalue weighted by Crippen LogP contribution is 2.18. The van der Waals surface area contributed by atoms with Crippen LogP contribution in [0.5, 0.6) is 5.75 Å². The SMILES string of the molecule is O=C(NCC#CCOc1cccc(Br)c1)c1c(F)cccc1Cl. The number of hydrogen-bond donors (Lipinski definition) is 1. The van der Waals surface area contributed by atoms with Crippen molar-refractivity contribution in [3.05, 3.63) is 63.3 Å². The summed E-state index contributed by atoms with van der Waals surface area (Å²) < 4.78 is 19.9. The van der Waals surface area contributed by atoms with E-state index in [2.05, 4.69) is 33.1 Å². The first-order chi connectivity index (χ1) is 11.1. The number of amides is 1. The fourth-order valence-corrected chi connectivity index (χ4v) is 2.34. The van der Waals surface area contributed by atoms with Crippen molar-refractivity contribution < 1.29 is 13.9 Å². The van der Waals surface area contributed by atoms with Crippen LogP contribution >= 0.6 is 27.5 Å². The maximum absolute atomic E-state index is 13.5. The van der Waals surface area contributed by atoms with Crippen molar-refractivity contribution in [2.24, 2.45) is 0 Å². The summed E-state index contributed by atoms with van der Waals surface area (Å²) in [6.45, 7) is 0.262. The van der Waals surface area contributed by atoms with Gasteiger partial charge in [0.25, 0.3) is 5.91 Å². The summed E-state index contributed by atoms with van der Waals surface area (Å²) in [7, 11) is 0. The molecule has 0 fully saturated rings. The van der Waals surface area contributed by atoms with Gasteiger partial charge in [0.15, 0.2) is 0 Å². The molecular weight excluding hydrogens is 385 g/mol. The van der Waals surface area contributed by atoms with Crippen molar-refractivity contribution in [1.29, 1.82) is 0 Å². The normalized spacial score (nSPS) is 9.70. The molecule has 0 heterocycles. The Morgan fingerprint density at radius 2 is 2.04 bits per heavy atom. The van der Waals surface area contributed by atoms with E-state index in [0.717, 1.165) is 4.47 Å². The van der Waals surface area contributed by atoms with Gasteiger partial charge in [-0.05, 0) is 30.3 Å². The lowest BCUT2D eigenvalue weighted by molar-refractivity contribution is 0.0955. The molecule has 0 saturated heterocycles. The van der Waals surface area contributed by atoms with Crippen LogP contribution < -0.4 is 10.1 Å². The summed E-state index contributed by atoms with van der Waals surface area (Å²) in [5.74, 6) is 4.91. The van der Waals surface area contributed by atoms with Crippen LogP contribution in [0.2, 0.25) is 5.02 Å². The molecule has 0 spiro atoms. The monoisotopic (exact) mass is 395 g/mol. The predicted octanol–water partition coefficient (Wildman–Crippen LogP) is 4.05.